The number of carbonyl (C=O) groups is 1. The van der Waals surface area contributed by atoms with Gasteiger partial charge in [0.1, 0.15) is 12.4 Å². The van der Waals surface area contributed by atoms with Crippen LogP contribution in [0.1, 0.15) is 12.8 Å². The minimum Gasteiger partial charge on any atom is -0.490 e. The molecule has 1 aromatic rings. The molecule has 1 fully saturated rings. The Hall–Kier alpha value is -0.970. The Kier molecular flexibility index (Phi) is 7.86. The molecule has 0 radical (unpaired) electrons. The van der Waals surface area contributed by atoms with Gasteiger partial charge in [0, 0.05) is 13.6 Å². The van der Waals surface area contributed by atoms with Crippen LogP contribution in [0.2, 0.25) is 5.02 Å². The minimum absolute atomic E-state index is 0. The van der Waals surface area contributed by atoms with Gasteiger partial charge in [-0.15, -0.1) is 12.4 Å². The molecule has 0 spiro atoms. The van der Waals surface area contributed by atoms with Crippen molar-refractivity contribution in [1.29, 1.82) is 0 Å². The van der Waals surface area contributed by atoms with Gasteiger partial charge < -0.3 is 15.0 Å². The van der Waals surface area contributed by atoms with Gasteiger partial charge in [0.2, 0.25) is 5.91 Å². The van der Waals surface area contributed by atoms with Crippen LogP contribution in [0.15, 0.2) is 24.3 Å². The molecule has 0 aliphatic carbocycles. The van der Waals surface area contributed by atoms with Crippen LogP contribution in [0.4, 0.5) is 0 Å². The highest BCUT2D eigenvalue weighted by atomic mass is 35.5. The second kappa shape index (κ2) is 9.13. The van der Waals surface area contributed by atoms with Crippen molar-refractivity contribution in [2.75, 3.05) is 33.3 Å². The predicted octanol–water partition coefficient (Wildman–Crippen LogP) is 2.60. The molecule has 0 bridgehead atoms. The second-order valence-corrected chi connectivity index (χ2v) is 5.49. The summed E-state index contributed by atoms with van der Waals surface area (Å²) in [5.74, 6) is 0.961. The van der Waals surface area contributed by atoms with E-state index in [1.54, 1.807) is 11.0 Å². The zero-order chi connectivity index (χ0) is 14.4. The normalized spacial score (nSPS) is 17.7. The fourth-order valence-corrected chi connectivity index (χ4v) is 2.53. The molecule has 21 heavy (non-hydrogen) atoms. The average Bonchev–Trinajstić information content (AvgIpc) is 2.49. The average molecular weight is 333 g/mol. The Bertz CT molecular complexity index is 451. The van der Waals surface area contributed by atoms with Crippen LogP contribution >= 0.6 is 24.0 Å². The number of likely N-dealkylation sites (N-methyl/N-ethyl adjacent to an activating group) is 1. The van der Waals surface area contributed by atoms with Crippen LogP contribution in [0, 0.1) is 5.92 Å². The van der Waals surface area contributed by atoms with Gasteiger partial charge in [-0.05, 0) is 31.5 Å². The lowest BCUT2D eigenvalue weighted by atomic mass is 9.98. The van der Waals surface area contributed by atoms with Crippen molar-refractivity contribution < 1.29 is 9.53 Å². The molecule has 1 atom stereocenters. The zero-order valence-corrected chi connectivity index (χ0v) is 13.8. The van der Waals surface area contributed by atoms with Crippen LogP contribution in [0.25, 0.3) is 0 Å². The van der Waals surface area contributed by atoms with Gasteiger partial charge >= 0.3 is 0 Å². The summed E-state index contributed by atoms with van der Waals surface area (Å²) in [6, 6.07) is 7.36. The lowest BCUT2D eigenvalue weighted by Gasteiger charge is -2.27. The van der Waals surface area contributed by atoms with Gasteiger partial charge in [-0.2, -0.15) is 0 Å². The number of benzene rings is 1. The lowest BCUT2D eigenvalue weighted by molar-refractivity contribution is -0.135. The van der Waals surface area contributed by atoms with Crippen molar-refractivity contribution in [2.24, 2.45) is 5.92 Å². The second-order valence-electron chi connectivity index (χ2n) is 5.08. The zero-order valence-electron chi connectivity index (χ0n) is 12.2. The summed E-state index contributed by atoms with van der Waals surface area (Å²) in [4.78, 5) is 14.0. The van der Waals surface area contributed by atoms with Gasteiger partial charge in [-0.3, -0.25) is 4.79 Å². The molecule has 1 saturated heterocycles. The molecule has 1 N–H and O–H groups in total. The van der Waals surface area contributed by atoms with E-state index in [4.69, 9.17) is 16.3 Å². The topological polar surface area (TPSA) is 41.6 Å². The van der Waals surface area contributed by atoms with E-state index >= 15 is 0 Å². The minimum atomic E-state index is 0. The fourth-order valence-electron chi connectivity index (χ4n) is 2.34. The number of nitrogens with zero attached hydrogens (tertiary/aromatic N) is 1. The van der Waals surface area contributed by atoms with Crippen molar-refractivity contribution in [3.05, 3.63) is 29.3 Å². The number of para-hydroxylation sites is 1. The third-order valence-electron chi connectivity index (χ3n) is 3.54. The number of rotatable bonds is 5. The van der Waals surface area contributed by atoms with Crippen LogP contribution in [-0.2, 0) is 4.79 Å². The van der Waals surface area contributed by atoms with E-state index in [1.165, 1.54) is 0 Å². The molecule has 1 aromatic carbocycles. The molecular weight excluding hydrogens is 311 g/mol. The van der Waals surface area contributed by atoms with E-state index in [0.717, 1.165) is 25.9 Å². The Morgan fingerprint density at radius 3 is 2.90 bits per heavy atom. The van der Waals surface area contributed by atoms with Gasteiger partial charge in [-0.1, -0.05) is 23.7 Å². The third-order valence-corrected chi connectivity index (χ3v) is 3.86. The smallest absolute Gasteiger partial charge is 0.226 e. The first-order valence-electron chi connectivity index (χ1n) is 7.01. The van der Waals surface area contributed by atoms with E-state index in [1.807, 2.05) is 25.2 Å². The maximum atomic E-state index is 12.2. The molecule has 1 heterocycles. The predicted molar refractivity (Wildman–Crippen MR) is 87.4 cm³/mol. The summed E-state index contributed by atoms with van der Waals surface area (Å²) >= 11 is 6.01. The molecule has 0 saturated carbocycles. The van der Waals surface area contributed by atoms with Crippen molar-refractivity contribution >= 4 is 29.9 Å². The fraction of sp³-hybridized carbons (Fsp3) is 0.533. The molecule has 1 unspecified atom stereocenters. The van der Waals surface area contributed by atoms with Crippen molar-refractivity contribution in [2.45, 2.75) is 12.8 Å². The number of halogens is 2. The Morgan fingerprint density at radius 1 is 1.48 bits per heavy atom. The first kappa shape index (κ1) is 18.1. The van der Waals surface area contributed by atoms with Gasteiger partial charge in [-0.25, -0.2) is 0 Å². The highest BCUT2D eigenvalue weighted by Crippen LogP contribution is 2.22. The summed E-state index contributed by atoms with van der Waals surface area (Å²) in [6.07, 6.45) is 2.04. The molecule has 1 aliphatic rings. The molecule has 6 heteroatoms. The van der Waals surface area contributed by atoms with Crippen molar-refractivity contribution in [3.63, 3.8) is 0 Å². The SMILES string of the molecule is CN(CCOc1ccccc1Cl)C(=O)C1CCCNC1.Cl. The van der Waals surface area contributed by atoms with E-state index < -0.39 is 0 Å². The van der Waals surface area contributed by atoms with Gasteiger partial charge in [0.15, 0.2) is 0 Å². The standard InChI is InChI=1S/C15H21ClN2O2.ClH/c1-18(15(19)12-5-4-8-17-11-12)9-10-20-14-7-3-2-6-13(14)16;/h2-3,6-7,12,17H,4-5,8-11H2,1H3;1H. The maximum Gasteiger partial charge on any atom is 0.226 e. The van der Waals surface area contributed by atoms with Crippen molar-refractivity contribution in [3.8, 4) is 5.75 Å². The number of ether oxygens (including phenoxy) is 1. The first-order valence-corrected chi connectivity index (χ1v) is 7.39. The quantitative estimate of drug-likeness (QED) is 0.901. The van der Waals surface area contributed by atoms with E-state index in [2.05, 4.69) is 5.32 Å². The van der Waals surface area contributed by atoms with Crippen LogP contribution in [0.3, 0.4) is 0 Å². The molecule has 2 rings (SSSR count). The summed E-state index contributed by atoms with van der Waals surface area (Å²) in [6.45, 7) is 2.82. The Morgan fingerprint density at radius 2 is 2.24 bits per heavy atom. The maximum absolute atomic E-state index is 12.2. The first-order chi connectivity index (χ1) is 9.68. The molecule has 1 aliphatic heterocycles. The molecule has 0 aromatic heterocycles. The lowest BCUT2D eigenvalue weighted by Crippen LogP contribution is -2.42. The Balaban J connectivity index is 0.00000220. The molecule has 1 amide bonds. The number of hydrogen-bond acceptors (Lipinski definition) is 3. The van der Waals surface area contributed by atoms with Gasteiger partial charge in [0.25, 0.3) is 0 Å². The van der Waals surface area contributed by atoms with Crippen LogP contribution in [0.5, 0.6) is 5.75 Å². The summed E-state index contributed by atoms with van der Waals surface area (Å²) in [7, 11) is 1.83. The monoisotopic (exact) mass is 332 g/mol. The number of piperidine rings is 1. The number of nitrogens with one attached hydrogen (secondary N) is 1. The summed E-state index contributed by atoms with van der Waals surface area (Å²) in [5.41, 5.74) is 0. The summed E-state index contributed by atoms with van der Waals surface area (Å²) in [5, 5.41) is 3.86. The third kappa shape index (κ3) is 5.38. The number of amides is 1. The molecule has 118 valence electrons. The highest BCUT2D eigenvalue weighted by Gasteiger charge is 2.23. The highest BCUT2D eigenvalue weighted by molar-refractivity contribution is 6.32. The van der Waals surface area contributed by atoms with Gasteiger partial charge in [0.05, 0.1) is 17.5 Å². The number of hydrogen-bond donors (Lipinski definition) is 1. The largest absolute Gasteiger partial charge is 0.490 e. The Labute approximate surface area is 137 Å². The molecular formula is C15H22Cl2N2O2. The van der Waals surface area contributed by atoms with Crippen LogP contribution in [-0.4, -0.2) is 44.1 Å². The summed E-state index contributed by atoms with van der Waals surface area (Å²) < 4.78 is 5.60. The van der Waals surface area contributed by atoms with Crippen LogP contribution < -0.4 is 10.1 Å². The van der Waals surface area contributed by atoms with E-state index in [-0.39, 0.29) is 24.2 Å². The van der Waals surface area contributed by atoms with E-state index in [9.17, 15) is 4.79 Å². The molecule has 4 nitrogen and oxygen atoms in total. The van der Waals surface area contributed by atoms with Crippen molar-refractivity contribution in [1.82, 2.24) is 10.2 Å². The van der Waals surface area contributed by atoms with E-state index in [0.29, 0.717) is 23.9 Å². The number of carbonyl (C=O) groups excluding carboxylic acids is 1.